The second-order valence-electron chi connectivity index (χ2n) is 8.04. The lowest BCUT2D eigenvalue weighted by atomic mass is 10.1. The van der Waals surface area contributed by atoms with Gasteiger partial charge >= 0.3 is 11.7 Å². The molecule has 1 amide bonds. The minimum Gasteiger partial charge on any atom is -0.490 e. The van der Waals surface area contributed by atoms with Gasteiger partial charge in [0.05, 0.1) is 13.2 Å². The Bertz CT molecular complexity index is 927. The fraction of sp³-hybridized carbons (Fsp3) is 0.524. The van der Waals surface area contributed by atoms with Crippen molar-refractivity contribution in [1.82, 2.24) is 4.90 Å². The molecule has 1 aliphatic rings. The third-order valence-electron chi connectivity index (χ3n) is 4.53. The van der Waals surface area contributed by atoms with Crippen LogP contribution in [0, 0.1) is 13.8 Å². The summed E-state index contributed by atoms with van der Waals surface area (Å²) in [7, 11) is 0. The van der Waals surface area contributed by atoms with Crippen LogP contribution in [0.1, 0.15) is 31.9 Å². The third-order valence-corrected chi connectivity index (χ3v) is 4.53. The molecular weight excluding hydrogens is 362 g/mol. The maximum Gasteiger partial charge on any atom is 0.410 e. The summed E-state index contributed by atoms with van der Waals surface area (Å²) in [5.74, 6) is 0.624. The molecule has 1 unspecified atom stereocenters. The zero-order chi connectivity index (χ0) is 20.5. The zero-order valence-corrected chi connectivity index (χ0v) is 17.0. The number of morpholine rings is 1. The lowest BCUT2D eigenvalue weighted by Crippen LogP contribution is -2.49. The van der Waals surface area contributed by atoms with E-state index in [2.05, 4.69) is 0 Å². The predicted molar refractivity (Wildman–Crippen MR) is 105 cm³/mol. The van der Waals surface area contributed by atoms with Crippen LogP contribution in [0.4, 0.5) is 4.79 Å². The normalized spacial score (nSPS) is 17.6. The van der Waals surface area contributed by atoms with Crippen LogP contribution in [-0.4, -0.2) is 49.0 Å². The van der Waals surface area contributed by atoms with E-state index in [-0.39, 0.29) is 24.4 Å². The Kier molecular flexibility index (Phi) is 5.65. The van der Waals surface area contributed by atoms with Crippen LogP contribution in [-0.2, 0) is 9.47 Å². The van der Waals surface area contributed by atoms with Crippen LogP contribution in [0.5, 0.6) is 5.75 Å². The molecule has 1 aromatic heterocycles. The number of ether oxygens (including phenoxy) is 3. The molecule has 1 saturated heterocycles. The maximum absolute atomic E-state index is 12.3. The minimum atomic E-state index is -0.536. The van der Waals surface area contributed by atoms with Crippen LogP contribution in [0.2, 0.25) is 0 Å². The van der Waals surface area contributed by atoms with Crippen LogP contribution in [0.25, 0.3) is 11.0 Å². The van der Waals surface area contributed by atoms with Crippen LogP contribution in [0.15, 0.2) is 27.4 Å². The Morgan fingerprint density at radius 3 is 2.75 bits per heavy atom. The molecule has 7 heteroatoms. The van der Waals surface area contributed by atoms with Gasteiger partial charge in [0.2, 0.25) is 0 Å². The SMILES string of the molecule is Cc1cc(=O)oc2c(C)c(OCC3CN(C(=O)OC(C)(C)C)CCO3)ccc12. The number of hydrogen-bond acceptors (Lipinski definition) is 6. The van der Waals surface area contributed by atoms with E-state index in [1.807, 2.05) is 46.8 Å². The number of benzene rings is 1. The molecule has 7 nitrogen and oxygen atoms in total. The molecule has 152 valence electrons. The first kappa shape index (κ1) is 20.2. The van der Waals surface area contributed by atoms with Crippen LogP contribution >= 0.6 is 0 Å². The largest absolute Gasteiger partial charge is 0.490 e. The Labute approximate surface area is 164 Å². The van der Waals surface area contributed by atoms with Gasteiger partial charge in [0, 0.05) is 23.6 Å². The summed E-state index contributed by atoms with van der Waals surface area (Å²) in [5.41, 5.74) is 1.24. The van der Waals surface area contributed by atoms with E-state index in [1.54, 1.807) is 4.90 Å². The molecule has 0 saturated carbocycles. The number of rotatable bonds is 3. The molecule has 28 heavy (non-hydrogen) atoms. The molecule has 2 aromatic rings. The van der Waals surface area contributed by atoms with Crippen molar-refractivity contribution in [3.8, 4) is 5.75 Å². The van der Waals surface area contributed by atoms with Crippen LogP contribution in [0.3, 0.4) is 0 Å². The first-order valence-corrected chi connectivity index (χ1v) is 9.40. The second kappa shape index (κ2) is 7.83. The van der Waals surface area contributed by atoms with E-state index in [9.17, 15) is 9.59 Å². The van der Waals surface area contributed by atoms with Crippen molar-refractivity contribution in [3.63, 3.8) is 0 Å². The van der Waals surface area contributed by atoms with Crippen molar-refractivity contribution in [2.24, 2.45) is 0 Å². The highest BCUT2D eigenvalue weighted by molar-refractivity contribution is 5.84. The van der Waals surface area contributed by atoms with Crippen molar-refractivity contribution >= 4 is 17.1 Å². The smallest absolute Gasteiger partial charge is 0.410 e. The molecule has 0 aliphatic carbocycles. The molecule has 1 aromatic carbocycles. The molecule has 1 atom stereocenters. The molecule has 0 N–H and O–H groups in total. The first-order chi connectivity index (χ1) is 13.1. The molecule has 0 spiro atoms. The molecular formula is C21H27NO6. The standard InChI is InChI=1S/C21H27NO6/c1-13-10-18(23)27-19-14(2)17(7-6-16(13)19)26-12-15-11-22(8-9-25-15)20(24)28-21(3,4)5/h6-7,10,15H,8-9,11-12H2,1-5H3. The van der Waals surface area contributed by atoms with Gasteiger partial charge in [-0.1, -0.05) is 0 Å². The molecule has 2 heterocycles. The predicted octanol–water partition coefficient (Wildman–Crippen LogP) is 3.42. The molecule has 0 bridgehead atoms. The number of nitrogens with zero attached hydrogens (tertiary/aromatic N) is 1. The summed E-state index contributed by atoms with van der Waals surface area (Å²) in [5, 5.41) is 0.884. The van der Waals surface area contributed by atoms with E-state index in [1.165, 1.54) is 6.07 Å². The maximum atomic E-state index is 12.3. The average molecular weight is 389 g/mol. The van der Waals surface area contributed by atoms with Gasteiger partial charge in [0.15, 0.2) is 0 Å². The van der Waals surface area contributed by atoms with Crippen molar-refractivity contribution in [1.29, 1.82) is 0 Å². The topological polar surface area (TPSA) is 78.2 Å². The molecule has 1 aliphatic heterocycles. The van der Waals surface area contributed by atoms with Gasteiger partial charge < -0.3 is 23.5 Å². The van der Waals surface area contributed by atoms with Gasteiger partial charge in [0.25, 0.3) is 0 Å². The minimum absolute atomic E-state index is 0.263. The Balaban J connectivity index is 1.68. The number of hydrogen-bond donors (Lipinski definition) is 0. The van der Waals surface area contributed by atoms with E-state index < -0.39 is 5.60 Å². The van der Waals surface area contributed by atoms with Crippen LogP contribution < -0.4 is 10.4 Å². The van der Waals surface area contributed by atoms with Gasteiger partial charge in [-0.3, -0.25) is 0 Å². The summed E-state index contributed by atoms with van der Waals surface area (Å²) < 4.78 is 22.4. The van der Waals surface area contributed by atoms with Crippen molar-refractivity contribution in [2.45, 2.75) is 46.3 Å². The summed E-state index contributed by atoms with van der Waals surface area (Å²) in [6, 6.07) is 5.22. The van der Waals surface area contributed by atoms with E-state index in [0.717, 1.165) is 16.5 Å². The van der Waals surface area contributed by atoms with Gasteiger partial charge in [-0.05, 0) is 52.3 Å². The monoisotopic (exact) mass is 389 g/mol. The van der Waals surface area contributed by atoms with Gasteiger partial charge in [-0.25, -0.2) is 9.59 Å². The van der Waals surface area contributed by atoms with Gasteiger partial charge in [0.1, 0.15) is 29.6 Å². The fourth-order valence-corrected chi connectivity index (χ4v) is 3.15. The number of fused-ring (bicyclic) bond motifs is 1. The Morgan fingerprint density at radius 2 is 2.04 bits per heavy atom. The third kappa shape index (κ3) is 4.65. The lowest BCUT2D eigenvalue weighted by molar-refractivity contribution is -0.0557. The Hall–Kier alpha value is -2.54. The van der Waals surface area contributed by atoms with E-state index in [0.29, 0.717) is 31.0 Å². The fourth-order valence-electron chi connectivity index (χ4n) is 3.15. The Morgan fingerprint density at radius 1 is 1.29 bits per heavy atom. The summed E-state index contributed by atoms with van der Waals surface area (Å²) in [6.45, 7) is 10.9. The quantitative estimate of drug-likeness (QED) is 0.749. The highest BCUT2D eigenvalue weighted by Gasteiger charge is 2.28. The van der Waals surface area contributed by atoms with Crippen molar-refractivity contribution in [2.75, 3.05) is 26.3 Å². The summed E-state index contributed by atoms with van der Waals surface area (Å²) >= 11 is 0. The number of carbonyl (C=O) groups is 1. The van der Waals surface area contributed by atoms with E-state index >= 15 is 0 Å². The van der Waals surface area contributed by atoms with Gasteiger partial charge in [-0.2, -0.15) is 0 Å². The second-order valence-corrected chi connectivity index (χ2v) is 8.04. The number of aryl methyl sites for hydroxylation is 2. The lowest BCUT2D eigenvalue weighted by Gasteiger charge is -2.34. The van der Waals surface area contributed by atoms with E-state index in [4.69, 9.17) is 18.6 Å². The summed E-state index contributed by atoms with van der Waals surface area (Å²) in [4.78, 5) is 25.6. The first-order valence-electron chi connectivity index (χ1n) is 9.40. The molecule has 3 rings (SSSR count). The number of amides is 1. The highest BCUT2D eigenvalue weighted by atomic mass is 16.6. The molecule has 0 radical (unpaired) electrons. The number of carbonyl (C=O) groups excluding carboxylic acids is 1. The summed E-state index contributed by atoms with van der Waals surface area (Å²) in [6.07, 6.45) is -0.610. The highest BCUT2D eigenvalue weighted by Crippen LogP contribution is 2.28. The molecule has 1 fully saturated rings. The zero-order valence-electron chi connectivity index (χ0n) is 17.0. The van der Waals surface area contributed by atoms with Crippen molar-refractivity contribution in [3.05, 3.63) is 39.7 Å². The van der Waals surface area contributed by atoms with Gasteiger partial charge in [-0.15, -0.1) is 0 Å². The average Bonchev–Trinajstić information content (AvgIpc) is 2.60. The van der Waals surface area contributed by atoms with Crippen molar-refractivity contribution < 1.29 is 23.4 Å².